The van der Waals surface area contributed by atoms with Crippen molar-refractivity contribution < 1.29 is 4.79 Å². The predicted octanol–water partition coefficient (Wildman–Crippen LogP) is 2.48. The number of rotatable bonds is 4. The maximum Gasteiger partial charge on any atom is 0.328 e. The number of hydrogen-bond donors (Lipinski definition) is 2. The van der Waals surface area contributed by atoms with Crippen LogP contribution in [0.1, 0.15) is 0 Å². The van der Waals surface area contributed by atoms with E-state index in [9.17, 15) is 9.59 Å². The summed E-state index contributed by atoms with van der Waals surface area (Å²) in [5.74, 6) is 0.113. The topological polar surface area (TPSA) is 84.7 Å². The van der Waals surface area contributed by atoms with Crippen LogP contribution in [-0.2, 0) is 18.9 Å². The average molecular weight is 367 g/mol. The van der Waals surface area contributed by atoms with Gasteiger partial charge in [-0.3, -0.25) is 13.9 Å². The van der Waals surface area contributed by atoms with Crippen LogP contribution < -0.4 is 11.0 Å². The Morgan fingerprint density at radius 2 is 1.92 bits per heavy atom. The first-order valence-electron chi connectivity index (χ1n) is 8.06. The van der Waals surface area contributed by atoms with Gasteiger partial charge in [0.2, 0.25) is 5.91 Å². The Hall–Kier alpha value is -3.00. The zero-order valence-electron chi connectivity index (χ0n) is 14.3. The minimum atomic E-state index is -0.129. The molecule has 0 aliphatic heterocycles. The summed E-state index contributed by atoms with van der Waals surface area (Å²) in [6.07, 6.45) is 0. The summed E-state index contributed by atoms with van der Waals surface area (Å²) in [4.78, 5) is 31.9. The van der Waals surface area contributed by atoms with Crippen LogP contribution in [0, 0.1) is 0 Å². The molecule has 0 saturated heterocycles. The number of nitrogens with zero attached hydrogens (tertiary/aromatic N) is 3. The van der Waals surface area contributed by atoms with Gasteiger partial charge in [0.25, 0.3) is 0 Å². The van der Waals surface area contributed by atoms with Crippen molar-refractivity contribution in [3.8, 4) is 0 Å². The Bertz CT molecular complexity index is 1150. The van der Waals surface area contributed by atoms with Gasteiger partial charge < -0.3 is 10.3 Å². The van der Waals surface area contributed by atoms with E-state index in [0.29, 0.717) is 10.8 Å². The molecule has 7 nitrogen and oxygen atoms in total. The Labute approximate surface area is 153 Å². The maximum absolute atomic E-state index is 12.2. The molecule has 8 heteroatoms. The van der Waals surface area contributed by atoms with Crippen LogP contribution in [0.2, 0.25) is 0 Å². The Kier molecular flexibility index (Phi) is 4.04. The van der Waals surface area contributed by atoms with Crippen molar-refractivity contribution in [3.63, 3.8) is 0 Å². The molecule has 2 aromatic heterocycles. The average Bonchev–Trinajstić information content (AvgIpc) is 3.15. The number of carbonyl (C=O) groups excluding carboxylic acids is 1. The SMILES string of the molecule is Cn1c(=O)n(C)c2cc(NC(=O)CSc3nc4ccccc4[nH]3)ccc21. The smallest absolute Gasteiger partial charge is 0.328 e. The van der Waals surface area contributed by atoms with Crippen molar-refractivity contribution in [1.82, 2.24) is 19.1 Å². The number of amides is 1. The standard InChI is InChI=1S/C18H17N5O2S/c1-22-14-8-7-11(9-15(14)23(2)18(22)25)19-16(24)10-26-17-20-12-5-3-4-6-13(12)21-17/h3-9H,10H2,1-2H3,(H,19,24)(H,20,21). The van der Waals surface area contributed by atoms with E-state index < -0.39 is 0 Å². The van der Waals surface area contributed by atoms with Crippen LogP contribution in [0.3, 0.4) is 0 Å². The molecule has 0 aliphatic carbocycles. The van der Waals surface area contributed by atoms with Crippen molar-refractivity contribution in [2.45, 2.75) is 5.16 Å². The summed E-state index contributed by atoms with van der Waals surface area (Å²) in [5, 5.41) is 3.58. The highest BCUT2D eigenvalue weighted by molar-refractivity contribution is 7.99. The van der Waals surface area contributed by atoms with Crippen LogP contribution in [-0.4, -0.2) is 30.8 Å². The number of anilines is 1. The predicted molar refractivity (Wildman–Crippen MR) is 104 cm³/mol. The van der Waals surface area contributed by atoms with E-state index in [0.717, 1.165) is 22.1 Å². The highest BCUT2D eigenvalue weighted by atomic mass is 32.2. The van der Waals surface area contributed by atoms with Crippen molar-refractivity contribution >= 4 is 45.4 Å². The molecule has 2 N–H and O–H groups in total. The highest BCUT2D eigenvalue weighted by Gasteiger charge is 2.11. The van der Waals surface area contributed by atoms with Gasteiger partial charge in [0.1, 0.15) is 0 Å². The molecule has 0 aliphatic rings. The lowest BCUT2D eigenvalue weighted by atomic mass is 10.2. The first kappa shape index (κ1) is 16.5. The van der Waals surface area contributed by atoms with Gasteiger partial charge in [-0.15, -0.1) is 0 Å². The summed E-state index contributed by atoms with van der Waals surface area (Å²) < 4.78 is 3.15. The van der Waals surface area contributed by atoms with E-state index in [4.69, 9.17) is 0 Å². The Morgan fingerprint density at radius 1 is 1.15 bits per heavy atom. The normalized spacial score (nSPS) is 11.3. The number of aryl methyl sites for hydroxylation is 2. The number of H-pyrrole nitrogens is 1. The third-order valence-electron chi connectivity index (χ3n) is 4.26. The van der Waals surface area contributed by atoms with Gasteiger partial charge in [0.05, 0.1) is 27.8 Å². The minimum absolute atomic E-state index is 0.0936. The summed E-state index contributed by atoms with van der Waals surface area (Å²) in [6.45, 7) is 0. The van der Waals surface area contributed by atoms with E-state index in [2.05, 4.69) is 15.3 Å². The second kappa shape index (κ2) is 6.38. The summed E-state index contributed by atoms with van der Waals surface area (Å²) in [6, 6.07) is 13.2. The van der Waals surface area contributed by atoms with Gasteiger partial charge in [0.15, 0.2) is 5.16 Å². The van der Waals surface area contributed by atoms with Crippen molar-refractivity contribution in [3.05, 3.63) is 52.9 Å². The van der Waals surface area contributed by atoms with E-state index in [1.807, 2.05) is 30.3 Å². The number of hydrogen-bond acceptors (Lipinski definition) is 4. The van der Waals surface area contributed by atoms with E-state index >= 15 is 0 Å². The molecule has 0 bridgehead atoms. The van der Waals surface area contributed by atoms with Crippen molar-refractivity contribution in [2.75, 3.05) is 11.1 Å². The molecule has 0 radical (unpaired) electrons. The second-order valence-electron chi connectivity index (χ2n) is 6.00. The summed E-state index contributed by atoms with van der Waals surface area (Å²) in [5.41, 5.74) is 4.00. The number of thioether (sulfide) groups is 1. The maximum atomic E-state index is 12.2. The molecule has 0 atom stereocenters. The van der Waals surface area contributed by atoms with Crippen LogP contribution >= 0.6 is 11.8 Å². The zero-order chi connectivity index (χ0) is 18.3. The highest BCUT2D eigenvalue weighted by Crippen LogP contribution is 2.21. The molecule has 4 rings (SSSR count). The summed E-state index contributed by atoms with van der Waals surface area (Å²) in [7, 11) is 3.45. The van der Waals surface area contributed by atoms with Gasteiger partial charge in [-0.05, 0) is 30.3 Å². The van der Waals surface area contributed by atoms with E-state index in [1.165, 1.54) is 11.8 Å². The van der Waals surface area contributed by atoms with E-state index in [-0.39, 0.29) is 17.3 Å². The lowest BCUT2D eigenvalue weighted by Gasteiger charge is -2.05. The fourth-order valence-electron chi connectivity index (χ4n) is 2.91. The molecule has 0 fully saturated rings. The third kappa shape index (κ3) is 2.88. The number of carbonyl (C=O) groups is 1. The molecule has 0 unspecified atom stereocenters. The molecule has 4 aromatic rings. The van der Waals surface area contributed by atoms with Crippen LogP contribution in [0.4, 0.5) is 5.69 Å². The quantitative estimate of drug-likeness (QED) is 0.543. The monoisotopic (exact) mass is 367 g/mol. The van der Waals surface area contributed by atoms with Gasteiger partial charge in [-0.2, -0.15) is 0 Å². The Morgan fingerprint density at radius 3 is 2.73 bits per heavy atom. The number of aromatic nitrogens is 4. The van der Waals surface area contributed by atoms with Crippen LogP contribution in [0.25, 0.3) is 22.1 Å². The van der Waals surface area contributed by atoms with Gasteiger partial charge in [-0.25, -0.2) is 9.78 Å². The molecule has 26 heavy (non-hydrogen) atoms. The van der Waals surface area contributed by atoms with Crippen molar-refractivity contribution in [1.29, 1.82) is 0 Å². The van der Waals surface area contributed by atoms with Gasteiger partial charge in [-0.1, -0.05) is 23.9 Å². The first-order valence-corrected chi connectivity index (χ1v) is 9.04. The summed E-state index contributed by atoms with van der Waals surface area (Å²) >= 11 is 1.35. The fraction of sp³-hybridized carbons (Fsp3) is 0.167. The number of fused-ring (bicyclic) bond motifs is 2. The number of aromatic amines is 1. The minimum Gasteiger partial charge on any atom is -0.333 e. The number of nitrogens with one attached hydrogen (secondary N) is 2. The molecule has 0 saturated carbocycles. The lowest BCUT2D eigenvalue weighted by molar-refractivity contribution is -0.113. The van der Waals surface area contributed by atoms with Gasteiger partial charge >= 0.3 is 5.69 Å². The molecular formula is C18H17N5O2S. The Balaban J connectivity index is 1.46. The molecular weight excluding hydrogens is 350 g/mol. The number of benzene rings is 2. The van der Waals surface area contributed by atoms with Crippen LogP contribution in [0.15, 0.2) is 52.4 Å². The third-order valence-corrected chi connectivity index (χ3v) is 5.14. The zero-order valence-corrected chi connectivity index (χ0v) is 15.1. The number of imidazole rings is 2. The molecule has 0 spiro atoms. The molecule has 2 aromatic carbocycles. The van der Waals surface area contributed by atoms with Crippen molar-refractivity contribution in [2.24, 2.45) is 14.1 Å². The van der Waals surface area contributed by atoms with E-state index in [1.54, 1.807) is 35.4 Å². The first-order chi connectivity index (χ1) is 12.5. The molecule has 132 valence electrons. The second-order valence-corrected chi connectivity index (χ2v) is 6.96. The van der Waals surface area contributed by atoms with Crippen LogP contribution in [0.5, 0.6) is 0 Å². The number of para-hydroxylation sites is 2. The van der Waals surface area contributed by atoms with Gasteiger partial charge in [0, 0.05) is 19.8 Å². The fourth-order valence-corrected chi connectivity index (χ4v) is 3.60. The largest absolute Gasteiger partial charge is 0.333 e. The lowest BCUT2D eigenvalue weighted by Crippen LogP contribution is -2.19. The molecule has 1 amide bonds. The molecule has 2 heterocycles.